The third-order valence-corrected chi connectivity index (χ3v) is 5.03. The maximum Gasteiger partial charge on any atom is 0.0350 e. The third kappa shape index (κ3) is 2.94. The Morgan fingerprint density at radius 1 is 1.21 bits per heavy atom. The van der Waals surface area contributed by atoms with E-state index in [4.69, 9.17) is 5.73 Å². The van der Waals surface area contributed by atoms with Gasteiger partial charge >= 0.3 is 0 Å². The van der Waals surface area contributed by atoms with Crippen molar-refractivity contribution in [2.24, 2.45) is 11.8 Å². The molecule has 0 spiro atoms. The highest BCUT2D eigenvalue weighted by Gasteiger charge is 2.23. The van der Waals surface area contributed by atoms with Gasteiger partial charge in [-0.2, -0.15) is 0 Å². The molecule has 1 aromatic carbocycles. The molecule has 1 aliphatic heterocycles. The summed E-state index contributed by atoms with van der Waals surface area (Å²) in [6, 6.07) is 6.39. The van der Waals surface area contributed by atoms with Gasteiger partial charge in [-0.3, -0.25) is 4.90 Å². The Bertz CT molecular complexity index is 433. The first-order valence-corrected chi connectivity index (χ1v) is 7.81. The van der Waals surface area contributed by atoms with E-state index in [1.165, 1.54) is 49.9 Å². The standard InChI is InChI=1S/C17H26N2/c1-13-5-7-14(8-6-13)11-19-10-9-16-15(12-19)3-2-4-17(16)18/h2-4,13-14H,5-12,18H2,1H3. The van der Waals surface area contributed by atoms with Gasteiger partial charge < -0.3 is 5.73 Å². The lowest BCUT2D eigenvalue weighted by molar-refractivity contribution is 0.173. The maximum absolute atomic E-state index is 6.07. The van der Waals surface area contributed by atoms with Crippen LogP contribution in [0.1, 0.15) is 43.7 Å². The van der Waals surface area contributed by atoms with E-state index in [0.717, 1.165) is 30.5 Å². The smallest absolute Gasteiger partial charge is 0.0350 e. The molecular weight excluding hydrogens is 232 g/mol. The predicted molar refractivity (Wildman–Crippen MR) is 81.0 cm³/mol. The molecule has 0 aromatic heterocycles. The quantitative estimate of drug-likeness (QED) is 0.823. The topological polar surface area (TPSA) is 29.3 Å². The van der Waals surface area contributed by atoms with Gasteiger partial charge in [-0.1, -0.05) is 31.9 Å². The van der Waals surface area contributed by atoms with Gasteiger partial charge in [0, 0.05) is 25.3 Å². The van der Waals surface area contributed by atoms with E-state index in [9.17, 15) is 0 Å². The fourth-order valence-corrected chi connectivity index (χ4v) is 3.73. The van der Waals surface area contributed by atoms with Crippen molar-refractivity contribution in [1.29, 1.82) is 0 Å². The van der Waals surface area contributed by atoms with Gasteiger partial charge in [0.05, 0.1) is 0 Å². The monoisotopic (exact) mass is 258 g/mol. The number of benzene rings is 1. The van der Waals surface area contributed by atoms with Crippen LogP contribution in [0.5, 0.6) is 0 Å². The highest BCUT2D eigenvalue weighted by Crippen LogP contribution is 2.30. The summed E-state index contributed by atoms with van der Waals surface area (Å²) in [5.41, 5.74) is 9.91. The minimum Gasteiger partial charge on any atom is -0.398 e. The minimum absolute atomic E-state index is 0.929. The Morgan fingerprint density at radius 3 is 2.79 bits per heavy atom. The van der Waals surface area contributed by atoms with E-state index in [0.29, 0.717) is 0 Å². The van der Waals surface area contributed by atoms with Crippen LogP contribution < -0.4 is 5.73 Å². The lowest BCUT2D eigenvalue weighted by atomic mass is 9.82. The molecule has 2 aliphatic rings. The van der Waals surface area contributed by atoms with Gasteiger partial charge in [-0.25, -0.2) is 0 Å². The van der Waals surface area contributed by atoms with Crippen molar-refractivity contribution in [3.63, 3.8) is 0 Å². The molecule has 1 heterocycles. The molecule has 0 radical (unpaired) electrons. The summed E-state index contributed by atoms with van der Waals surface area (Å²) >= 11 is 0. The third-order valence-electron chi connectivity index (χ3n) is 5.03. The van der Waals surface area contributed by atoms with Crippen LogP contribution in [0.15, 0.2) is 18.2 Å². The van der Waals surface area contributed by atoms with Crippen molar-refractivity contribution in [3.05, 3.63) is 29.3 Å². The highest BCUT2D eigenvalue weighted by molar-refractivity contribution is 5.51. The number of rotatable bonds is 2. The molecule has 0 atom stereocenters. The molecule has 2 nitrogen and oxygen atoms in total. The number of nitrogens with zero attached hydrogens (tertiary/aromatic N) is 1. The summed E-state index contributed by atoms with van der Waals surface area (Å²) in [5.74, 6) is 1.89. The second-order valence-electron chi connectivity index (χ2n) is 6.60. The van der Waals surface area contributed by atoms with Gasteiger partial charge in [0.15, 0.2) is 0 Å². The summed E-state index contributed by atoms with van der Waals surface area (Å²) in [7, 11) is 0. The van der Waals surface area contributed by atoms with Crippen molar-refractivity contribution in [2.45, 2.75) is 45.6 Å². The second kappa shape index (κ2) is 5.54. The number of hydrogen-bond donors (Lipinski definition) is 1. The lowest BCUT2D eigenvalue weighted by Crippen LogP contribution is -2.35. The van der Waals surface area contributed by atoms with Crippen molar-refractivity contribution in [2.75, 3.05) is 18.8 Å². The molecule has 0 bridgehead atoms. The number of fused-ring (bicyclic) bond motifs is 1. The van der Waals surface area contributed by atoms with E-state index >= 15 is 0 Å². The number of nitrogens with two attached hydrogens (primary N) is 1. The molecule has 3 rings (SSSR count). The van der Waals surface area contributed by atoms with Crippen molar-refractivity contribution < 1.29 is 0 Å². The van der Waals surface area contributed by atoms with Gasteiger partial charge in [0.25, 0.3) is 0 Å². The summed E-state index contributed by atoms with van der Waals surface area (Å²) < 4.78 is 0. The van der Waals surface area contributed by atoms with E-state index in [2.05, 4.69) is 24.0 Å². The normalized spacial score (nSPS) is 28.1. The molecule has 2 N–H and O–H groups in total. The van der Waals surface area contributed by atoms with Gasteiger partial charge in [0.2, 0.25) is 0 Å². The van der Waals surface area contributed by atoms with Crippen LogP contribution >= 0.6 is 0 Å². The molecule has 0 saturated heterocycles. The first kappa shape index (κ1) is 13.0. The number of nitrogen functional groups attached to an aromatic ring is 1. The largest absolute Gasteiger partial charge is 0.398 e. The average Bonchev–Trinajstić information content (AvgIpc) is 2.42. The molecule has 1 saturated carbocycles. The zero-order valence-corrected chi connectivity index (χ0v) is 12.1. The molecule has 104 valence electrons. The maximum atomic E-state index is 6.07. The van der Waals surface area contributed by atoms with Crippen LogP contribution in [0.2, 0.25) is 0 Å². The van der Waals surface area contributed by atoms with Crippen molar-refractivity contribution >= 4 is 5.69 Å². The van der Waals surface area contributed by atoms with Crippen LogP contribution in [0.4, 0.5) is 5.69 Å². The van der Waals surface area contributed by atoms with Crippen LogP contribution in [0, 0.1) is 11.8 Å². The molecule has 2 heteroatoms. The SMILES string of the molecule is CC1CCC(CN2CCc3c(N)cccc3C2)CC1. The molecule has 1 aromatic rings. The molecule has 0 unspecified atom stereocenters. The van der Waals surface area contributed by atoms with Crippen LogP contribution in [0.3, 0.4) is 0 Å². The van der Waals surface area contributed by atoms with Gasteiger partial charge in [-0.15, -0.1) is 0 Å². The van der Waals surface area contributed by atoms with Crippen LogP contribution in [0.25, 0.3) is 0 Å². The van der Waals surface area contributed by atoms with Crippen LogP contribution in [-0.2, 0) is 13.0 Å². The second-order valence-corrected chi connectivity index (χ2v) is 6.60. The Balaban J connectivity index is 1.60. The predicted octanol–water partition coefficient (Wildman–Crippen LogP) is 3.45. The van der Waals surface area contributed by atoms with E-state index < -0.39 is 0 Å². The number of hydrogen-bond acceptors (Lipinski definition) is 2. The van der Waals surface area contributed by atoms with Gasteiger partial charge in [-0.05, 0) is 48.3 Å². The first-order valence-electron chi connectivity index (χ1n) is 7.81. The Kier molecular flexibility index (Phi) is 3.79. The van der Waals surface area contributed by atoms with E-state index in [1.54, 1.807) is 0 Å². The van der Waals surface area contributed by atoms with Crippen molar-refractivity contribution in [3.8, 4) is 0 Å². The fourth-order valence-electron chi connectivity index (χ4n) is 3.73. The fraction of sp³-hybridized carbons (Fsp3) is 0.647. The van der Waals surface area contributed by atoms with E-state index in [1.807, 2.05) is 6.07 Å². The minimum atomic E-state index is 0.929. The highest BCUT2D eigenvalue weighted by atomic mass is 15.1. The molecular formula is C17H26N2. The summed E-state index contributed by atoms with van der Waals surface area (Å²) in [6.07, 6.45) is 6.86. The molecule has 0 amide bonds. The molecule has 1 aliphatic carbocycles. The zero-order valence-electron chi connectivity index (χ0n) is 12.1. The first-order chi connectivity index (χ1) is 9.22. The van der Waals surface area contributed by atoms with Gasteiger partial charge in [0.1, 0.15) is 0 Å². The summed E-state index contributed by atoms with van der Waals surface area (Å²) in [6.45, 7) is 5.98. The Morgan fingerprint density at radius 2 is 2.00 bits per heavy atom. The molecule has 19 heavy (non-hydrogen) atoms. The number of anilines is 1. The Hall–Kier alpha value is -1.02. The zero-order chi connectivity index (χ0) is 13.2. The summed E-state index contributed by atoms with van der Waals surface area (Å²) in [5, 5.41) is 0. The van der Waals surface area contributed by atoms with Crippen LogP contribution in [-0.4, -0.2) is 18.0 Å². The van der Waals surface area contributed by atoms with E-state index in [-0.39, 0.29) is 0 Å². The summed E-state index contributed by atoms with van der Waals surface area (Å²) in [4.78, 5) is 2.64. The average molecular weight is 258 g/mol. The van der Waals surface area contributed by atoms with Crippen molar-refractivity contribution in [1.82, 2.24) is 4.90 Å². The molecule has 1 fully saturated rings. The lowest BCUT2D eigenvalue weighted by Gasteiger charge is -2.34. The Labute approximate surface area is 117 Å².